The second-order valence-corrected chi connectivity index (χ2v) is 6.14. The average molecular weight is 335 g/mol. The zero-order valence-corrected chi connectivity index (χ0v) is 14.3. The molecular formula is C19H21N5O. The van der Waals surface area contributed by atoms with Crippen LogP contribution in [-0.4, -0.2) is 42.1 Å². The quantitative estimate of drug-likeness (QED) is 0.934. The van der Waals surface area contributed by atoms with Crippen LogP contribution in [0.4, 0.5) is 10.6 Å². The van der Waals surface area contributed by atoms with Crippen molar-refractivity contribution >= 4 is 11.8 Å². The van der Waals surface area contributed by atoms with E-state index in [0.717, 1.165) is 24.5 Å². The van der Waals surface area contributed by atoms with Crippen LogP contribution in [0, 0.1) is 18.3 Å². The Morgan fingerprint density at radius 2 is 1.88 bits per heavy atom. The van der Waals surface area contributed by atoms with Crippen molar-refractivity contribution < 1.29 is 4.79 Å². The van der Waals surface area contributed by atoms with Crippen LogP contribution >= 0.6 is 0 Å². The highest BCUT2D eigenvalue weighted by Gasteiger charge is 2.21. The predicted octanol–water partition coefficient (Wildman–Crippen LogP) is 2.29. The summed E-state index contributed by atoms with van der Waals surface area (Å²) < 4.78 is 0. The number of pyridine rings is 1. The molecule has 0 unspecified atom stereocenters. The van der Waals surface area contributed by atoms with Crippen LogP contribution in [0.5, 0.6) is 0 Å². The lowest BCUT2D eigenvalue weighted by Gasteiger charge is -2.35. The molecule has 6 heteroatoms. The minimum absolute atomic E-state index is 0.0342. The lowest BCUT2D eigenvalue weighted by atomic mass is 10.1. The van der Waals surface area contributed by atoms with Gasteiger partial charge in [0.05, 0.1) is 5.56 Å². The van der Waals surface area contributed by atoms with Crippen molar-refractivity contribution in [3.8, 4) is 6.07 Å². The summed E-state index contributed by atoms with van der Waals surface area (Å²) in [5.74, 6) is 0.846. The van der Waals surface area contributed by atoms with Gasteiger partial charge in [-0.25, -0.2) is 9.78 Å². The van der Waals surface area contributed by atoms with E-state index in [1.807, 2.05) is 42.2 Å². The van der Waals surface area contributed by atoms with Gasteiger partial charge in [-0.1, -0.05) is 29.8 Å². The fourth-order valence-corrected chi connectivity index (χ4v) is 2.77. The third-order valence-corrected chi connectivity index (χ3v) is 4.33. The molecule has 0 spiro atoms. The molecule has 0 bridgehead atoms. The van der Waals surface area contributed by atoms with Gasteiger partial charge in [0.25, 0.3) is 0 Å². The molecule has 0 atom stereocenters. The number of nitrogens with zero attached hydrogens (tertiary/aromatic N) is 4. The number of amides is 2. The minimum Gasteiger partial charge on any atom is -0.353 e. The fourth-order valence-electron chi connectivity index (χ4n) is 2.77. The van der Waals surface area contributed by atoms with E-state index >= 15 is 0 Å². The summed E-state index contributed by atoms with van der Waals surface area (Å²) in [5, 5.41) is 11.8. The number of benzene rings is 1. The lowest BCUT2D eigenvalue weighted by Crippen LogP contribution is -2.51. The summed E-state index contributed by atoms with van der Waals surface area (Å²) in [6.07, 6.45) is 1.58. The van der Waals surface area contributed by atoms with E-state index in [1.54, 1.807) is 12.3 Å². The van der Waals surface area contributed by atoms with Gasteiger partial charge in [-0.2, -0.15) is 5.26 Å². The SMILES string of the molecule is Cc1ccc(CNC(=O)N2CCN(c3ccc(C#N)cn3)CC2)cc1. The zero-order valence-electron chi connectivity index (χ0n) is 14.3. The van der Waals surface area contributed by atoms with E-state index in [4.69, 9.17) is 5.26 Å². The van der Waals surface area contributed by atoms with Gasteiger partial charge in [-0.15, -0.1) is 0 Å². The standard InChI is InChI=1S/C19H21N5O/c1-15-2-4-16(5-3-15)13-22-19(25)24-10-8-23(9-11-24)18-7-6-17(12-20)14-21-18/h2-7,14H,8-11,13H2,1H3,(H,22,25). The van der Waals surface area contributed by atoms with E-state index in [2.05, 4.69) is 21.3 Å². The van der Waals surface area contributed by atoms with Gasteiger partial charge in [0.2, 0.25) is 0 Å². The maximum absolute atomic E-state index is 12.3. The first-order chi connectivity index (χ1) is 12.2. The number of anilines is 1. The molecule has 1 aliphatic rings. The normalized spacial score (nSPS) is 14.1. The van der Waals surface area contributed by atoms with E-state index in [-0.39, 0.29) is 6.03 Å². The average Bonchev–Trinajstić information content (AvgIpc) is 2.67. The van der Waals surface area contributed by atoms with Crippen molar-refractivity contribution in [3.05, 3.63) is 59.3 Å². The third kappa shape index (κ3) is 4.27. The van der Waals surface area contributed by atoms with Gasteiger partial charge in [0.15, 0.2) is 0 Å². The molecular weight excluding hydrogens is 314 g/mol. The Hall–Kier alpha value is -3.07. The van der Waals surface area contributed by atoms with Crippen molar-refractivity contribution in [2.45, 2.75) is 13.5 Å². The first kappa shape index (κ1) is 16.8. The molecule has 2 heterocycles. The molecule has 1 fully saturated rings. The number of carbonyl (C=O) groups excluding carboxylic acids is 1. The Bertz CT molecular complexity index is 756. The van der Waals surface area contributed by atoms with E-state index < -0.39 is 0 Å². The van der Waals surface area contributed by atoms with Crippen LogP contribution in [0.1, 0.15) is 16.7 Å². The third-order valence-electron chi connectivity index (χ3n) is 4.33. The second-order valence-electron chi connectivity index (χ2n) is 6.14. The molecule has 0 radical (unpaired) electrons. The predicted molar refractivity (Wildman–Crippen MR) is 96.2 cm³/mol. The monoisotopic (exact) mass is 335 g/mol. The highest BCUT2D eigenvalue weighted by Crippen LogP contribution is 2.14. The number of aryl methyl sites for hydroxylation is 1. The first-order valence-electron chi connectivity index (χ1n) is 8.35. The number of piperazine rings is 1. The Balaban J connectivity index is 1.48. The Morgan fingerprint density at radius 3 is 2.48 bits per heavy atom. The molecule has 128 valence electrons. The van der Waals surface area contributed by atoms with E-state index in [0.29, 0.717) is 25.2 Å². The molecule has 0 saturated carbocycles. The smallest absolute Gasteiger partial charge is 0.317 e. The van der Waals surface area contributed by atoms with Crippen LogP contribution in [0.2, 0.25) is 0 Å². The van der Waals surface area contributed by atoms with Gasteiger partial charge >= 0.3 is 6.03 Å². The lowest BCUT2D eigenvalue weighted by molar-refractivity contribution is 0.194. The number of nitrogens with one attached hydrogen (secondary N) is 1. The maximum atomic E-state index is 12.3. The first-order valence-corrected chi connectivity index (χ1v) is 8.35. The Morgan fingerprint density at radius 1 is 1.16 bits per heavy atom. The Labute approximate surface area is 147 Å². The van der Waals surface area contributed by atoms with Gasteiger partial charge < -0.3 is 15.1 Å². The molecule has 1 aliphatic heterocycles. The number of hydrogen-bond donors (Lipinski definition) is 1. The maximum Gasteiger partial charge on any atom is 0.317 e. The summed E-state index contributed by atoms with van der Waals surface area (Å²) in [6, 6.07) is 13.8. The largest absolute Gasteiger partial charge is 0.353 e. The highest BCUT2D eigenvalue weighted by atomic mass is 16.2. The molecule has 2 amide bonds. The molecule has 1 aromatic carbocycles. The van der Waals surface area contributed by atoms with Crippen molar-refractivity contribution in [1.82, 2.24) is 15.2 Å². The van der Waals surface area contributed by atoms with Crippen LogP contribution in [0.3, 0.4) is 0 Å². The molecule has 1 saturated heterocycles. The minimum atomic E-state index is -0.0342. The van der Waals surface area contributed by atoms with Crippen LogP contribution in [0.25, 0.3) is 0 Å². The van der Waals surface area contributed by atoms with Gasteiger partial charge in [0, 0.05) is 38.9 Å². The summed E-state index contributed by atoms with van der Waals surface area (Å²) in [4.78, 5) is 20.6. The number of urea groups is 1. The molecule has 0 aliphatic carbocycles. The van der Waals surface area contributed by atoms with Crippen molar-refractivity contribution in [3.63, 3.8) is 0 Å². The van der Waals surface area contributed by atoms with E-state index in [1.165, 1.54) is 5.56 Å². The second kappa shape index (κ2) is 7.67. The van der Waals surface area contributed by atoms with Gasteiger partial charge in [0.1, 0.15) is 11.9 Å². The fraction of sp³-hybridized carbons (Fsp3) is 0.316. The van der Waals surface area contributed by atoms with Gasteiger partial charge in [-0.05, 0) is 24.6 Å². The number of hydrogen-bond acceptors (Lipinski definition) is 4. The summed E-state index contributed by atoms with van der Waals surface area (Å²) >= 11 is 0. The molecule has 1 aromatic heterocycles. The molecule has 3 rings (SSSR count). The number of nitriles is 1. The van der Waals surface area contributed by atoms with Crippen LogP contribution in [-0.2, 0) is 6.54 Å². The molecule has 1 N–H and O–H groups in total. The van der Waals surface area contributed by atoms with Crippen LogP contribution < -0.4 is 10.2 Å². The summed E-state index contributed by atoms with van der Waals surface area (Å²) in [5.41, 5.74) is 2.86. The summed E-state index contributed by atoms with van der Waals surface area (Å²) in [6.45, 7) is 5.36. The number of rotatable bonds is 3. The molecule has 2 aromatic rings. The van der Waals surface area contributed by atoms with Gasteiger partial charge in [-0.3, -0.25) is 0 Å². The number of aromatic nitrogens is 1. The Kier molecular flexibility index (Phi) is 5.14. The molecule has 6 nitrogen and oxygen atoms in total. The van der Waals surface area contributed by atoms with Crippen LogP contribution in [0.15, 0.2) is 42.6 Å². The van der Waals surface area contributed by atoms with Crippen molar-refractivity contribution in [2.24, 2.45) is 0 Å². The van der Waals surface area contributed by atoms with E-state index in [9.17, 15) is 4.79 Å². The number of carbonyl (C=O) groups is 1. The highest BCUT2D eigenvalue weighted by molar-refractivity contribution is 5.74. The molecule has 25 heavy (non-hydrogen) atoms. The van der Waals surface area contributed by atoms with Crippen molar-refractivity contribution in [1.29, 1.82) is 5.26 Å². The summed E-state index contributed by atoms with van der Waals surface area (Å²) in [7, 11) is 0. The van der Waals surface area contributed by atoms with Crippen molar-refractivity contribution in [2.75, 3.05) is 31.1 Å². The topological polar surface area (TPSA) is 72.3 Å². The zero-order chi connectivity index (χ0) is 17.6.